The van der Waals surface area contributed by atoms with E-state index in [0.29, 0.717) is 55.6 Å². The first-order chi connectivity index (χ1) is 36.4. The summed E-state index contributed by atoms with van der Waals surface area (Å²) in [7, 11) is -4.97. The number of H-pyrrole nitrogens is 1. The van der Waals surface area contributed by atoms with E-state index < -0.39 is 72.7 Å². The molecule has 5 aromatic rings. The lowest BCUT2D eigenvalue weighted by molar-refractivity contribution is -0.384. The summed E-state index contributed by atoms with van der Waals surface area (Å²) < 4.78 is 86.6. The zero-order valence-corrected chi connectivity index (χ0v) is 43.5. The number of aliphatic hydroxyl groups is 1. The van der Waals surface area contributed by atoms with Crippen LogP contribution in [0.3, 0.4) is 0 Å². The minimum atomic E-state index is -4.97. The molecule has 0 radical (unpaired) electrons. The van der Waals surface area contributed by atoms with Crippen molar-refractivity contribution in [1.82, 2.24) is 24.6 Å². The van der Waals surface area contributed by atoms with Gasteiger partial charge in [-0.05, 0) is 111 Å². The number of alkyl halides is 1. The highest BCUT2D eigenvalue weighted by atomic mass is 32.2. The number of fused-ring (bicyclic) bond motifs is 4. The molecule has 0 unspecified atom stereocenters. The monoisotopic (exact) mass is 1070 g/mol. The second-order valence-electron chi connectivity index (χ2n) is 22.6. The number of anilines is 4. The summed E-state index contributed by atoms with van der Waals surface area (Å²) in [5, 5.41) is 25.2. The highest BCUT2D eigenvalue weighted by Crippen LogP contribution is 2.54. The molecule has 2 saturated carbocycles. The molecule has 22 heteroatoms. The van der Waals surface area contributed by atoms with Crippen molar-refractivity contribution >= 4 is 55.4 Å². The van der Waals surface area contributed by atoms with Gasteiger partial charge in [0.15, 0.2) is 10.7 Å². The van der Waals surface area contributed by atoms with Crippen LogP contribution in [0.5, 0.6) is 11.8 Å². The zero-order chi connectivity index (χ0) is 52.9. The maximum Gasteiger partial charge on any atom is 0.300 e. The van der Waals surface area contributed by atoms with Crippen LogP contribution in [0.25, 0.3) is 11.0 Å². The number of hydrogen-bond donors (Lipinski definition) is 4. The average molecular weight is 1070 g/mol. The van der Waals surface area contributed by atoms with Gasteiger partial charge < -0.3 is 44.2 Å². The maximum absolute atomic E-state index is 16.3. The first-order valence-electron chi connectivity index (χ1n) is 26.5. The number of hydrogen-bond acceptors (Lipinski definition) is 16. The molecule has 12 rings (SSSR count). The van der Waals surface area contributed by atoms with E-state index in [1.165, 1.54) is 17.3 Å². The van der Waals surface area contributed by atoms with Gasteiger partial charge in [-0.15, -0.1) is 0 Å². The Morgan fingerprint density at radius 3 is 2.47 bits per heavy atom. The number of nitrogens with zero attached hydrogens (tertiary/aromatic N) is 6. The summed E-state index contributed by atoms with van der Waals surface area (Å²) in [6.07, 6.45) is 5.41. The largest absolute Gasteiger partial charge is 0.474 e. The number of amides is 1. The molecule has 4 atom stereocenters. The van der Waals surface area contributed by atoms with E-state index in [4.69, 9.17) is 18.9 Å². The number of aromatic amines is 1. The van der Waals surface area contributed by atoms with E-state index in [1.807, 2.05) is 11.0 Å². The Kier molecular flexibility index (Phi) is 12.7. The van der Waals surface area contributed by atoms with E-state index >= 15 is 8.78 Å². The number of halogens is 2. The molecule has 2 aromatic carbocycles. The zero-order valence-electron chi connectivity index (χ0n) is 42.7. The molecule has 8 heterocycles. The van der Waals surface area contributed by atoms with Crippen LogP contribution >= 0.6 is 0 Å². The van der Waals surface area contributed by atoms with Crippen LogP contribution in [-0.4, -0.2) is 132 Å². The minimum absolute atomic E-state index is 0.0292. The lowest BCUT2D eigenvalue weighted by Gasteiger charge is -2.57. The second kappa shape index (κ2) is 19.1. The predicted octanol–water partition coefficient (Wildman–Crippen LogP) is 7.96. The fourth-order valence-electron chi connectivity index (χ4n) is 13.0. The molecule has 1 amide bonds. The van der Waals surface area contributed by atoms with Crippen molar-refractivity contribution in [3.8, 4) is 11.8 Å². The highest BCUT2D eigenvalue weighted by Gasteiger charge is 2.51. The van der Waals surface area contributed by atoms with Gasteiger partial charge in [0.25, 0.3) is 15.9 Å². The van der Waals surface area contributed by atoms with Crippen LogP contribution in [0.2, 0.25) is 0 Å². The van der Waals surface area contributed by atoms with E-state index in [2.05, 4.69) is 72.9 Å². The summed E-state index contributed by atoms with van der Waals surface area (Å²) in [4.78, 5) is 45.0. The molecular formula is C54H63F2N9O10S. The summed E-state index contributed by atoms with van der Waals surface area (Å²) >= 11 is 0. The number of ether oxygens (including phenoxy) is 4. The number of nitro groups is 1. The summed E-state index contributed by atoms with van der Waals surface area (Å²) in [5.74, 6) is -1.50. The maximum atomic E-state index is 16.3. The van der Waals surface area contributed by atoms with Gasteiger partial charge in [-0.1, -0.05) is 38.1 Å². The number of nitrogens with one attached hydrogen (secondary N) is 3. The number of rotatable bonds is 10. The van der Waals surface area contributed by atoms with Gasteiger partial charge in [-0.25, -0.2) is 13.5 Å². The van der Waals surface area contributed by atoms with Gasteiger partial charge >= 0.3 is 5.69 Å². The van der Waals surface area contributed by atoms with E-state index in [9.17, 15) is 28.4 Å². The SMILES string of the molecule is CC(C)c1ccccc1[C@@H]1COCCN1C1CC2(CCN(c3ccc(C(=O)NS(=O)(=O)c4cc([N+](=O)[O-])c5c(n4)OC[C@H](C4(F)CCC(C)(O)CC4)N5)c(N4c5cc6c(F)c[nH]c6nc5O[C@H]5COCC[C@@H]54)c3)CC2)C1. The quantitative estimate of drug-likeness (QED) is 0.0768. The van der Waals surface area contributed by atoms with Crippen molar-refractivity contribution in [3.05, 3.63) is 93.4 Å². The lowest BCUT2D eigenvalue weighted by atomic mass is 9.59. The molecule has 7 aliphatic rings. The summed E-state index contributed by atoms with van der Waals surface area (Å²) in [6, 6.07) is 15.4. The number of morpholine rings is 1. The van der Waals surface area contributed by atoms with Crippen molar-refractivity contribution in [2.24, 2.45) is 5.41 Å². The first kappa shape index (κ1) is 50.6. The van der Waals surface area contributed by atoms with E-state index in [1.54, 1.807) is 25.1 Å². The Hall–Kier alpha value is -6.20. The molecule has 1 spiro atoms. The second-order valence-corrected chi connectivity index (χ2v) is 24.2. The smallest absolute Gasteiger partial charge is 0.300 e. The summed E-state index contributed by atoms with van der Waals surface area (Å²) in [5.41, 5.74) is 0.545. The van der Waals surface area contributed by atoms with Crippen LogP contribution in [0.1, 0.15) is 112 Å². The topological polar surface area (TPSA) is 227 Å². The lowest BCUT2D eigenvalue weighted by Crippen LogP contribution is -2.58. The van der Waals surface area contributed by atoms with Crippen LogP contribution < -0.4 is 29.3 Å². The number of sulfonamides is 1. The van der Waals surface area contributed by atoms with Crippen molar-refractivity contribution in [2.45, 2.75) is 131 Å². The minimum Gasteiger partial charge on any atom is -0.474 e. The molecule has 76 heavy (non-hydrogen) atoms. The number of benzene rings is 2. The third-order valence-electron chi connectivity index (χ3n) is 17.4. The van der Waals surface area contributed by atoms with Crippen LogP contribution in [0.15, 0.2) is 65.8 Å². The number of pyridine rings is 2. The van der Waals surface area contributed by atoms with Crippen molar-refractivity contribution in [3.63, 3.8) is 0 Å². The van der Waals surface area contributed by atoms with Gasteiger partial charge in [-0.2, -0.15) is 18.4 Å². The molecule has 5 fully saturated rings. The predicted molar refractivity (Wildman–Crippen MR) is 277 cm³/mol. The van der Waals surface area contributed by atoms with Gasteiger partial charge in [0.1, 0.15) is 35.5 Å². The molecule has 2 aliphatic carbocycles. The Labute approximate surface area is 438 Å². The molecule has 4 N–H and O–H groups in total. The van der Waals surface area contributed by atoms with Crippen molar-refractivity contribution in [1.29, 1.82) is 0 Å². The molecular weight excluding hydrogens is 1000 g/mol. The molecule has 0 bridgehead atoms. The number of carbonyl (C=O) groups excluding carboxylic acids is 1. The normalized spacial score (nSPS) is 27.6. The van der Waals surface area contributed by atoms with E-state index in [0.717, 1.165) is 51.0 Å². The van der Waals surface area contributed by atoms with Gasteiger partial charge in [0.2, 0.25) is 11.8 Å². The molecule has 19 nitrogen and oxygen atoms in total. The van der Waals surface area contributed by atoms with Gasteiger partial charge in [-0.3, -0.25) is 19.8 Å². The molecule has 404 valence electrons. The molecule has 5 aliphatic heterocycles. The highest BCUT2D eigenvalue weighted by molar-refractivity contribution is 7.90. The standard InChI is InChI=1S/C54H63F2N9O10S/c1-31(2)34-6-4-5-7-35(34)43-28-73-21-19-63(43)33-25-53(26-33)15-17-62(18-16-53)32-8-9-36(40(22-32)64-39-10-20-72-29-44(39)75-50-42(64)23-37-38(55)27-57-48(37)60-50)49(66)61-76(70,71)46-24-41(65(68)69)47-51(59-46)74-30-45(58-47)54(56)13-11-52(3,67)12-14-54/h4-9,22-24,27,31,33,39,43-45,58,67H,10-21,25-26,28-30H2,1-3H3,(H,57,60)(H,61,66)/t39-,43-,44-,45+,52?,54?/m0/s1. The van der Waals surface area contributed by atoms with E-state index in [-0.39, 0.29) is 78.5 Å². The van der Waals surface area contributed by atoms with Crippen molar-refractivity contribution < 1.29 is 51.0 Å². The van der Waals surface area contributed by atoms with Crippen LogP contribution in [0, 0.1) is 21.3 Å². The number of piperidine rings is 1. The molecule has 3 saturated heterocycles. The third kappa shape index (κ3) is 9.05. The van der Waals surface area contributed by atoms with Gasteiger partial charge in [0, 0.05) is 44.2 Å². The Bertz CT molecular complexity index is 3210. The summed E-state index contributed by atoms with van der Waals surface area (Å²) in [6.45, 7) is 10.0. The van der Waals surface area contributed by atoms with Crippen LogP contribution in [-0.2, 0) is 19.5 Å². The third-order valence-corrected chi connectivity index (χ3v) is 18.7. The first-order valence-corrected chi connectivity index (χ1v) is 28.0. The molecule has 3 aromatic heterocycles. The Balaban J connectivity index is 0.841. The van der Waals surface area contributed by atoms with Crippen molar-refractivity contribution in [2.75, 3.05) is 67.8 Å². The number of carbonyl (C=O) groups is 1. The fourth-order valence-corrected chi connectivity index (χ4v) is 14.0. The van der Waals surface area contributed by atoms with Crippen LogP contribution in [0.4, 0.5) is 37.2 Å². The Morgan fingerprint density at radius 1 is 0.947 bits per heavy atom. The number of aromatic nitrogens is 3. The van der Waals surface area contributed by atoms with Gasteiger partial charge in [0.05, 0.1) is 71.2 Å². The average Bonchev–Trinajstić information content (AvgIpc) is 3.84. The fraction of sp³-hybridized carbons (Fsp3) is 0.537. The Morgan fingerprint density at radius 2 is 1.71 bits per heavy atom.